The van der Waals surface area contributed by atoms with Crippen LogP contribution < -0.4 is 14.8 Å². The van der Waals surface area contributed by atoms with Crippen molar-refractivity contribution >= 4 is 27.3 Å². The number of hydrogen-bond donors (Lipinski definition) is 2. The van der Waals surface area contributed by atoms with Crippen LogP contribution in [0.3, 0.4) is 0 Å². The average molecular weight is 437 g/mol. The number of carbonyl (C=O) groups is 1. The van der Waals surface area contributed by atoms with Crippen LogP contribution in [0.1, 0.15) is 43.0 Å². The first-order valence-electron chi connectivity index (χ1n) is 9.87. The number of nitrogens with one attached hydrogen (secondary N) is 2. The maximum absolute atomic E-state index is 12.7. The Morgan fingerprint density at radius 2 is 2.00 bits per heavy atom. The van der Waals surface area contributed by atoms with E-state index in [2.05, 4.69) is 21.5 Å². The molecule has 1 saturated carbocycles. The lowest BCUT2D eigenvalue weighted by atomic mass is 9.84. The van der Waals surface area contributed by atoms with E-state index in [1.165, 1.54) is 12.0 Å². The fraction of sp³-hybridized carbons (Fsp3) is 0.476. The molecule has 1 aliphatic carbocycles. The molecule has 1 aromatic heterocycles. The second-order valence-corrected chi connectivity index (χ2v) is 10.1. The zero-order chi connectivity index (χ0) is 20.9. The number of ether oxygens (including phenoxy) is 1. The summed E-state index contributed by atoms with van der Waals surface area (Å²) in [5.74, 6) is -0.0697. The van der Waals surface area contributed by atoms with E-state index < -0.39 is 10.0 Å². The molecule has 1 amide bonds. The van der Waals surface area contributed by atoms with E-state index in [0.717, 1.165) is 31.2 Å². The van der Waals surface area contributed by atoms with Gasteiger partial charge in [0.15, 0.2) is 0 Å². The van der Waals surface area contributed by atoms with Crippen molar-refractivity contribution in [1.82, 2.24) is 10.0 Å². The zero-order valence-electron chi connectivity index (χ0n) is 16.9. The number of sulfonamides is 1. The first-order chi connectivity index (χ1) is 13.9. The molecule has 29 heavy (non-hydrogen) atoms. The number of aryl methyl sites for hydroxylation is 1. The Bertz CT molecular complexity index is 934. The molecule has 3 rings (SSSR count). The van der Waals surface area contributed by atoms with Crippen molar-refractivity contribution in [2.75, 3.05) is 20.2 Å². The van der Waals surface area contributed by atoms with E-state index >= 15 is 0 Å². The highest BCUT2D eigenvalue weighted by Gasteiger charge is 2.36. The van der Waals surface area contributed by atoms with Crippen molar-refractivity contribution in [2.24, 2.45) is 0 Å². The molecule has 1 heterocycles. The van der Waals surface area contributed by atoms with Gasteiger partial charge in [0.25, 0.3) is 0 Å². The summed E-state index contributed by atoms with van der Waals surface area (Å²) < 4.78 is 33.0. The maximum atomic E-state index is 12.7. The zero-order valence-corrected chi connectivity index (χ0v) is 18.5. The number of rotatable bonds is 9. The number of methoxy groups -OCH3 is 1. The van der Waals surface area contributed by atoms with E-state index in [1.807, 2.05) is 19.1 Å². The first-order valence-corrected chi connectivity index (χ1v) is 12.2. The molecule has 2 aromatic rings. The van der Waals surface area contributed by atoms with Crippen LogP contribution in [0, 0.1) is 0 Å². The predicted octanol–water partition coefficient (Wildman–Crippen LogP) is 3.23. The molecular weight excluding hydrogens is 408 g/mol. The molecule has 1 aromatic carbocycles. The lowest BCUT2D eigenvalue weighted by Gasteiger charge is -2.28. The third-order valence-electron chi connectivity index (χ3n) is 5.58. The molecule has 6 nitrogen and oxygen atoms in total. The SMILES string of the molecule is CCc1ccc(OC)c(S(=O)(=O)NCC(=O)NCC2(c3cccs3)CCCC2)c1. The number of hydrogen-bond acceptors (Lipinski definition) is 5. The van der Waals surface area contributed by atoms with Gasteiger partial charge in [0, 0.05) is 16.8 Å². The molecular formula is C21H28N2O4S2. The van der Waals surface area contributed by atoms with E-state index in [4.69, 9.17) is 4.74 Å². The molecule has 0 atom stereocenters. The smallest absolute Gasteiger partial charge is 0.244 e. The van der Waals surface area contributed by atoms with Gasteiger partial charge in [-0.15, -0.1) is 11.3 Å². The molecule has 0 unspecified atom stereocenters. The third-order valence-corrected chi connectivity index (χ3v) is 8.12. The lowest BCUT2D eigenvalue weighted by Crippen LogP contribution is -2.43. The van der Waals surface area contributed by atoms with Crippen LogP contribution in [0.15, 0.2) is 40.6 Å². The standard InChI is InChI=1S/C21H28N2O4S2/c1-3-16-8-9-17(27-2)18(13-16)29(25,26)23-14-20(24)22-15-21(10-4-5-11-21)19-7-6-12-28-19/h6-9,12-13,23H,3-5,10-11,14-15H2,1-2H3,(H,22,24). The summed E-state index contributed by atoms with van der Waals surface area (Å²) in [6, 6.07) is 9.21. The Kier molecular flexibility index (Phi) is 6.97. The summed E-state index contributed by atoms with van der Waals surface area (Å²) in [5.41, 5.74) is 0.858. The lowest BCUT2D eigenvalue weighted by molar-refractivity contribution is -0.120. The number of thiophene rings is 1. The van der Waals surface area contributed by atoms with Crippen molar-refractivity contribution < 1.29 is 17.9 Å². The molecule has 1 aliphatic rings. The summed E-state index contributed by atoms with van der Waals surface area (Å²) >= 11 is 1.72. The van der Waals surface area contributed by atoms with E-state index in [0.29, 0.717) is 13.0 Å². The Morgan fingerprint density at radius 1 is 1.24 bits per heavy atom. The van der Waals surface area contributed by atoms with Gasteiger partial charge in [0.2, 0.25) is 15.9 Å². The van der Waals surface area contributed by atoms with Crippen molar-refractivity contribution in [3.63, 3.8) is 0 Å². The fourth-order valence-corrected chi connectivity index (χ4v) is 6.05. The maximum Gasteiger partial charge on any atom is 0.244 e. The monoisotopic (exact) mass is 436 g/mol. The highest BCUT2D eigenvalue weighted by molar-refractivity contribution is 7.89. The highest BCUT2D eigenvalue weighted by Crippen LogP contribution is 2.42. The molecule has 1 fully saturated rings. The predicted molar refractivity (Wildman–Crippen MR) is 115 cm³/mol. The van der Waals surface area contributed by atoms with Crippen LogP contribution in [0.25, 0.3) is 0 Å². The largest absolute Gasteiger partial charge is 0.495 e. The van der Waals surface area contributed by atoms with Gasteiger partial charge in [-0.05, 0) is 48.4 Å². The number of benzene rings is 1. The Hall–Kier alpha value is -1.90. The summed E-state index contributed by atoms with van der Waals surface area (Å²) in [6.45, 7) is 2.18. The third kappa shape index (κ3) is 4.99. The normalized spacial score (nSPS) is 15.9. The van der Waals surface area contributed by atoms with Crippen molar-refractivity contribution in [3.05, 3.63) is 46.2 Å². The fourth-order valence-electron chi connectivity index (χ4n) is 3.86. The van der Waals surface area contributed by atoms with Gasteiger partial charge >= 0.3 is 0 Å². The summed E-state index contributed by atoms with van der Waals surface area (Å²) in [7, 11) is -2.43. The molecule has 0 aliphatic heterocycles. The number of carbonyl (C=O) groups excluding carboxylic acids is 1. The van der Waals surface area contributed by atoms with Crippen molar-refractivity contribution in [3.8, 4) is 5.75 Å². The minimum absolute atomic E-state index is 0.0264. The summed E-state index contributed by atoms with van der Waals surface area (Å²) in [6.07, 6.45) is 5.08. The van der Waals surface area contributed by atoms with Gasteiger partial charge in [-0.2, -0.15) is 0 Å². The van der Waals surface area contributed by atoms with Gasteiger partial charge in [0.05, 0.1) is 13.7 Å². The Morgan fingerprint density at radius 3 is 2.62 bits per heavy atom. The quantitative estimate of drug-likeness (QED) is 0.632. The van der Waals surface area contributed by atoms with E-state index in [9.17, 15) is 13.2 Å². The van der Waals surface area contributed by atoms with Crippen LogP contribution >= 0.6 is 11.3 Å². The molecule has 8 heteroatoms. The van der Waals surface area contributed by atoms with Crippen LogP contribution in [0.5, 0.6) is 5.75 Å². The molecule has 2 N–H and O–H groups in total. The van der Waals surface area contributed by atoms with Crippen molar-refractivity contribution in [1.29, 1.82) is 0 Å². The van der Waals surface area contributed by atoms with Gasteiger partial charge in [-0.25, -0.2) is 13.1 Å². The van der Waals surface area contributed by atoms with Crippen LogP contribution in [0.2, 0.25) is 0 Å². The Balaban J connectivity index is 1.63. The molecule has 0 saturated heterocycles. The molecule has 0 radical (unpaired) electrons. The van der Waals surface area contributed by atoms with E-state index in [1.54, 1.807) is 23.5 Å². The van der Waals surface area contributed by atoms with Crippen molar-refractivity contribution in [2.45, 2.75) is 49.3 Å². The summed E-state index contributed by atoms with van der Waals surface area (Å²) in [5, 5.41) is 5.00. The van der Waals surface area contributed by atoms with Crippen LogP contribution in [-0.2, 0) is 26.7 Å². The minimum Gasteiger partial charge on any atom is -0.495 e. The Labute approximate surface area is 176 Å². The van der Waals surface area contributed by atoms with Gasteiger partial charge in [-0.3, -0.25) is 4.79 Å². The summed E-state index contributed by atoms with van der Waals surface area (Å²) in [4.78, 5) is 13.7. The van der Waals surface area contributed by atoms with Crippen LogP contribution in [-0.4, -0.2) is 34.5 Å². The number of amides is 1. The molecule has 158 valence electrons. The second-order valence-electron chi connectivity index (χ2n) is 7.40. The van der Waals surface area contributed by atoms with Gasteiger partial charge in [0.1, 0.15) is 10.6 Å². The van der Waals surface area contributed by atoms with Crippen LogP contribution in [0.4, 0.5) is 0 Å². The topological polar surface area (TPSA) is 84.5 Å². The first kappa shape index (κ1) is 21.8. The van der Waals surface area contributed by atoms with Gasteiger partial charge < -0.3 is 10.1 Å². The average Bonchev–Trinajstić information content (AvgIpc) is 3.43. The highest BCUT2D eigenvalue weighted by atomic mass is 32.2. The molecule has 0 spiro atoms. The van der Waals surface area contributed by atoms with E-state index in [-0.39, 0.29) is 28.5 Å². The minimum atomic E-state index is -3.86. The second kappa shape index (κ2) is 9.28. The van der Waals surface area contributed by atoms with Gasteiger partial charge in [-0.1, -0.05) is 31.9 Å². The molecule has 0 bridgehead atoms.